The summed E-state index contributed by atoms with van der Waals surface area (Å²) in [6.45, 7) is 0. The van der Waals surface area contributed by atoms with Crippen molar-refractivity contribution < 1.29 is 0 Å². The number of rotatable bonds is 0. The molecule has 0 aliphatic heterocycles. The van der Waals surface area contributed by atoms with E-state index in [1.54, 1.807) is 6.07 Å². The molecule has 0 aliphatic rings. The molecule has 0 bridgehead atoms. The van der Waals surface area contributed by atoms with Crippen molar-refractivity contribution in [3.05, 3.63) is 30.3 Å². The van der Waals surface area contributed by atoms with Gasteiger partial charge in [0.1, 0.15) is 0 Å². The van der Waals surface area contributed by atoms with Gasteiger partial charge in [-0.3, -0.25) is 0 Å². The van der Waals surface area contributed by atoms with Gasteiger partial charge < -0.3 is 0 Å². The van der Waals surface area contributed by atoms with Gasteiger partial charge in [0.2, 0.25) is 0 Å². The van der Waals surface area contributed by atoms with Crippen LogP contribution in [0.5, 0.6) is 0 Å². The zero-order chi connectivity index (χ0) is 5.11. The van der Waals surface area contributed by atoms with Gasteiger partial charge in [-0.25, -0.2) is 0 Å². The monoisotopic (exact) mass is 108 g/mol. The van der Waals surface area contributed by atoms with E-state index in [0.717, 1.165) is 4.90 Å². The van der Waals surface area contributed by atoms with Crippen molar-refractivity contribution in [2.75, 3.05) is 0 Å². The van der Waals surface area contributed by atoms with E-state index in [4.69, 9.17) is 12.6 Å². The molecular formula is C6H4S. The van der Waals surface area contributed by atoms with Crippen molar-refractivity contribution >= 4 is 12.6 Å². The lowest BCUT2D eigenvalue weighted by atomic mass is 10.4. The molecule has 0 nitrogen and oxygen atoms in total. The van der Waals surface area contributed by atoms with E-state index in [1.807, 2.05) is 18.2 Å². The Hall–Kier alpha value is -0.560. The fourth-order valence-electron chi connectivity index (χ4n) is 0.377. The maximum Gasteiger partial charge on any atom is 0.0383 e. The molecule has 0 spiro atoms. The molecule has 0 unspecified atom stereocenters. The third-order valence-corrected chi connectivity index (χ3v) is 0.932. The Kier molecular flexibility index (Phi) is 1.27. The lowest BCUT2D eigenvalue weighted by Gasteiger charge is -1.79. The number of hydrogen-bond donors (Lipinski definition) is 0. The third-order valence-electron chi connectivity index (χ3n) is 0.679. The average Bonchev–Trinajstić information content (AvgIpc) is 1.69. The van der Waals surface area contributed by atoms with E-state index in [1.165, 1.54) is 0 Å². The molecule has 0 atom stereocenters. The summed E-state index contributed by atoms with van der Waals surface area (Å²) in [6.07, 6.45) is 0. The van der Waals surface area contributed by atoms with E-state index >= 15 is 0 Å². The zero-order valence-electron chi connectivity index (χ0n) is 3.72. The first-order valence-electron chi connectivity index (χ1n) is 2.03. The average molecular weight is 108 g/mol. The molecule has 1 aromatic rings. The van der Waals surface area contributed by atoms with Crippen molar-refractivity contribution in [2.24, 2.45) is 0 Å². The van der Waals surface area contributed by atoms with Gasteiger partial charge in [-0.1, -0.05) is 24.8 Å². The molecular weight excluding hydrogens is 104 g/mol. The predicted octanol–water partition coefficient (Wildman–Crippen LogP) is 2.04. The van der Waals surface area contributed by atoms with Crippen LogP contribution < -0.4 is 0 Å². The highest BCUT2D eigenvalue weighted by Crippen LogP contribution is 2.00. The van der Waals surface area contributed by atoms with Crippen LogP contribution in [0.3, 0.4) is 0 Å². The van der Waals surface area contributed by atoms with E-state index in [-0.39, 0.29) is 0 Å². The van der Waals surface area contributed by atoms with Gasteiger partial charge in [-0.15, -0.1) is 0 Å². The second-order valence-corrected chi connectivity index (χ2v) is 1.71. The van der Waals surface area contributed by atoms with Gasteiger partial charge in [-0.2, -0.15) is 0 Å². The Morgan fingerprint density at radius 3 is 2.71 bits per heavy atom. The lowest BCUT2D eigenvalue weighted by molar-refractivity contribution is 1.47. The molecule has 1 rings (SSSR count). The zero-order valence-corrected chi connectivity index (χ0v) is 4.53. The SMILES string of the molecule is [S]c1c[c]ccc1. The summed E-state index contributed by atoms with van der Waals surface area (Å²) >= 11 is 4.78. The molecule has 34 valence electrons. The highest BCUT2D eigenvalue weighted by atomic mass is 32.1. The van der Waals surface area contributed by atoms with Crippen LogP contribution in [0, 0.1) is 6.07 Å². The van der Waals surface area contributed by atoms with Crippen LogP contribution in [0.2, 0.25) is 0 Å². The summed E-state index contributed by atoms with van der Waals surface area (Å²) in [7, 11) is 0. The molecule has 7 heavy (non-hydrogen) atoms. The first-order valence-corrected chi connectivity index (χ1v) is 2.43. The van der Waals surface area contributed by atoms with Crippen molar-refractivity contribution in [1.82, 2.24) is 0 Å². The molecule has 0 saturated carbocycles. The van der Waals surface area contributed by atoms with Gasteiger partial charge in [0.05, 0.1) is 0 Å². The molecule has 1 heteroatoms. The minimum Gasteiger partial charge on any atom is -0.0801 e. The largest absolute Gasteiger partial charge is 0.0801 e. The Morgan fingerprint density at radius 1 is 1.57 bits per heavy atom. The highest BCUT2D eigenvalue weighted by molar-refractivity contribution is 7.80. The fourth-order valence-corrected chi connectivity index (χ4v) is 0.523. The van der Waals surface area contributed by atoms with E-state index in [9.17, 15) is 0 Å². The normalized spacial score (nSPS) is 8.57. The second-order valence-electron chi connectivity index (χ2n) is 1.24. The quantitative estimate of drug-likeness (QED) is 0.477. The van der Waals surface area contributed by atoms with Crippen molar-refractivity contribution in [2.45, 2.75) is 4.90 Å². The maximum absolute atomic E-state index is 4.78. The number of benzene rings is 1. The van der Waals surface area contributed by atoms with Gasteiger partial charge in [0, 0.05) is 4.90 Å². The minimum atomic E-state index is 0.850. The third kappa shape index (κ3) is 1.16. The van der Waals surface area contributed by atoms with Gasteiger partial charge in [0.15, 0.2) is 0 Å². The summed E-state index contributed by atoms with van der Waals surface area (Å²) in [5.74, 6) is 0. The fraction of sp³-hybridized carbons (Fsp3) is 0. The Labute approximate surface area is 48.6 Å². The summed E-state index contributed by atoms with van der Waals surface area (Å²) in [6, 6.07) is 10.2. The molecule has 0 N–H and O–H groups in total. The first-order chi connectivity index (χ1) is 3.39. The summed E-state index contributed by atoms with van der Waals surface area (Å²) in [5, 5.41) is 0. The van der Waals surface area contributed by atoms with Gasteiger partial charge in [0.25, 0.3) is 0 Å². The predicted molar refractivity (Wildman–Crippen MR) is 31.1 cm³/mol. The van der Waals surface area contributed by atoms with Crippen LogP contribution >= 0.6 is 12.6 Å². The van der Waals surface area contributed by atoms with Crippen LogP contribution in [-0.4, -0.2) is 0 Å². The Bertz CT molecular complexity index is 134. The van der Waals surface area contributed by atoms with Gasteiger partial charge in [-0.05, 0) is 18.2 Å². The molecule has 1 aromatic carbocycles. The molecule has 0 fully saturated rings. The van der Waals surface area contributed by atoms with Crippen LogP contribution in [0.1, 0.15) is 0 Å². The lowest BCUT2D eigenvalue weighted by Crippen LogP contribution is -1.57. The van der Waals surface area contributed by atoms with E-state index in [2.05, 4.69) is 6.07 Å². The first kappa shape index (κ1) is 4.60. The van der Waals surface area contributed by atoms with Crippen LogP contribution in [0.4, 0.5) is 0 Å². The van der Waals surface area contributed by atoms with E-state index < -0.39 is 0 Å². The summed E-state index contributed by atoms with van der Waals surface area (Å²) in [5.41, 5.74) is 0. The summed E-state index contributed by atoms with van der Waals surface area (Å²) in [4.78, 5) is 0.850. The molecule has 0 aromatic heterocycles. The molecule has 0 aliphatic carbocycles. The molecule has 0 saturated heterocycles. The van der Waals surface area contributed by atoms with E-state index in [0.29, 0.717) is 0 Å². The highest BCUT2D eigenvalue weighted by Gasteiger charge is 1.75. The molecule has 2 radical (unpaired) electrons. The maximum atomic E-state index is 4.78. The standard InChI is InChI=1S/C6H4S/c7-6-4-2-1-3-5-6/h1-2,4-5H. The topological polar surface area (TPSA) is 0 Å². The van der Waals surface area contributed by atoms with Crippen LogP contribution in [0.15, 0.2) is 29.2 Å². The van der Waals surface area contributed by atoms with Crippen molar-refractivity contribution in [3.8, 4) is 0 Å². The Balaban J connectivity index is 3.02. The van der Waals surface area contributed by atoms with Crippen molar-refractivity contribution in [3.63, 3.8) is 0 Å². The number of hydrogen-bond acceptors (Lipinski definition) is 0. The second kappa shape index (κ2) is 1.94. The molecule has 0 amide bonds. The van der Waals surface area contributed by atoms with Crippen LogP contribution in [0.25, 0.3) is 0 Å². The minimum absolute atomic E-state index is 0.850. The summed E-state index contributed by atoms with van der Waals surface area (Å²) < 4.78 is 0. The Morgan fingerprint density at radius 2 is 2.43 bits per heavy atom. The van der Waals surface area contributed by atoms with Crippen molar-refractivity contribution in [1.29, 1.82) is 0 Å². The van der Waals surface area contributed by atoms with Gasteiger partial charge >= 0.3 is 0 Å². The smallest absolute Gasteiger partial charge is 0.0383 e. The molecule has 0 heterocycles. The van der Waals surface area contributed by atoms with Crippen LogP contribution in [-0.2, 0) is 0 Å².